The zero-order valence-corrected chi connectivity index (χ0v) is 8.59. The molecule has 0 N–H and O–H groups in total. The average molecular weight is 183 g/mol. The molecule has 0 heterocycles. The minimum absolute atomic E-state index is 0.971. The van der Waals surface area contributed by atoms with Crippen molar-refractivity contribution in [1.29, 1.82) is 0 Å². The summed E-state index contributed by atoms with van der Waals surface area (Å²) in [5.74, 6) is 0. The summed E-state index contributed by atoms with van der Waals surface area (Å²) in [4.78, 5) is 0. The van der Waals surface area contributed by atoms with Crippen LogP contribution in [0.25, 0.3) is 10.8 Å². The molecule has 71 valence electrons. The fraction of sp³-hybridized carbons (Fsp3) is 0.214. The first-order valence-corrected chi connectivity index (χ1v) is 5.09. The van der Waals surface area contributed by atoms with Gasteiger partial charge in [0.15, 0.2) is 0 Å². The maximum atomic E-state index is 3.90. The van der Waals surface area contributed by atoms with Gasteiger partial charge in [0.05, 0.1) is 0 Å². The van der Waals surface area contributed by atoms with Gasteiger partial charge in [-0.15, -0.1) is 0 Å². The van der Waals surface area contributed by atoms with Crippen LogP contribution < -0.4 is 0 Å². The van der Waals surface area contributed by atoms with Crippen LogP contribution in [0, 0.1) is 13.8 Å². The molecule has 2 aromatic carbocycles. The van der Waals surface area contributed by atoms with E-state index in [1.807, 2.05) is 0 Å². The van der Waals surface area contributed by atoms with Gasteiger partial charge in [-0.05, 0) is 41.7 Å². The third kappa shape index (κ3) is 1.52. The van der Waals surface area contributed by atoms with Crippen LogP contribution in [-0.2, 0) is 6.42 Å². The second-order valence-corrected chi connectivity index (χ2v) is 3.67. The summed E-state index contributed by atoms with van der Waals surface area (Å²) in [6.45, 7) is 6.10. The van der Waals surface area contributed by atoms with Gasteiger partial charge >= 0.3 is 0 Å². The lowest BCUT2D eigenvalue weighted by molar-refractivity contribution is 0.989. The van der Waals surface area contributed by atoms with Crippen molar-refractivity contribution in [3.05, 3.63) is 54.4 Å². The Morgan fingerprint density at radius 3 is 2.64 bits per heavy atom. The molecule has 0 atom stereocenters. The summed E-state index contributed by atoms with van der Waals surface area (Å²) in [5.41, 5.74) is 2.84. The highest BCUT2D eigenvalue weighted by molar-refractivity contribution is 5.86. The van der Waals surface area contributed by atoms with Crippen molar-refractivity contribution in [3.8, 4) is 0 Å². The third-order valence-electron chi connectivity index (χ3n) is 2.76. The largest absolute Gasteiger partial charge is 0.0616 e. The SMILES string of the molecule is [CH2]CCc1ccc2ccccc2c1C. The molecule has 0 saturated carbocycles. The number of benzene rings is 2. The highest BCUT2D eigenvalue weighted by Crippen LogP contribution is 2.22. The predicted octanol–water partition coefficient (Wildman–Crippen LogP) is 3.91. The van der Waals surface area contributed by atoms with Crippen LogP contribution in [-0.4, -0.2) is 0 Å². The zero-order valence-electron chi connectivity index (χ0n) is 8.59. The van der Waals surface area contributed by atoms with E-state index in [0.29, 0.717) is 0 Å². The molecule has 0 aliphatic rings. The fourth-order valence-corrected chi connectivity index (χ4v) is 1.93. The molecule has 0 unspecified atom stereocenters. The van der Waals surface area contributed by atoms with Crippen molar-refractivity contribution >= 4 is 10.8 Å². The second-order valence-electron chi connectivity index (χ2n) is 3.67. The van der Waals surface area contributed by atoms with Crippen LogP contribution in [0.3, 0.4) is 0 Å². The Kier molecular flexibility index (Phi) is 2.53. The van der Waals surface area contributed by atoms with Gasteiger partial charge in [-0.3, -0.25) is 0 Å². The molecular formula is C14H15. The number of hydrogen-bond donors (Lipinski definition) is 0. The first kappa shape index (κ1) is 9.26. The van der Waals surface area contributed by atoms with Crippen molar-refractivity contribution in [2.45, 2.75) is 19.8 Å². The van der Waals surface area contributed by atoms with Gasteiger partial charge in [0.25, 0.3) is 0 Å². The second kappa shape index (κ2) is 3.83. The summed E-state index contributed by atoms with van der Waals surface area (Å²) in [6.07, 6.45) is 2.05. The Morgan fingerprint density at radius 1 is 1.07 bits per heavy atom. The van der Waals surface area contributed by atoms with E-state index in [4.69, 9.17) is 0 Å². The monoisotopic (exact) mass is 183 g/mol. The molecule has 0 heteroatoms. The number of hydrogen-bond acceptors (Lipinski definition) is 0. The van der Waals surface area contributed by atoms with Crippen LogP contribution in [0.2, 0.25) is 0 Å². The molecule has 0 aliphatic heterocycles. The molecule has 0 spiro atoms. The first-order valence-electron chi connectivity index (χ1n) is 5.09. The van der Waals surface area contributed by atoms with E-state index >= 15 is 0 Å². The van der Waals surface area contributed by atoms with Gasteiger partial charge < -0.3 is 0 Å². The van der Waals surface area contributed by atoms with E-state index in [0.717, 1.165) is 12.8 Å². The lowest BCUT2D eigenvalue weighted by Crippen LogP contribution is -1.89. The van der Waals surface area contributed by atoms with E-state index in [2.05, 4.69) is 50.2 Å². The number of aryl methyl sites for hydroxylation is 2. The van der Waals surface area contributed by atoms with Gasteiger partial charge in [0, 0.05) is 0 Å². The van der Waals surface area contributed by atoms with Crippen molar-refractivity contribution in [2.75, 3.05) is 0 Å². The van der Waals surface area contributed by atoms with Crippen LogP contribution in [0.1, 0.15) is 17.5 Å². The standard InChI is InChI=1S/C14H15/c1-3-6-12-9-10-13-7-4-5-8-14(13)11(12)2/h4-5,7-10H,1,3,6H2,2H3. The van der Waals surface area contributed by atoms with E-state index in [9.17, 15) is 0 Å². The molecule has 2 aromatic rings. The molecule has 0 bridgehead atoms. The fourth-order valence-electron chi connectivity index (χ4n) is 1.93. The topological polar surface area (TPSA) is 0 Å². The maximum Gasteiger partial charge on any atom is -0.0152 e. The highest BCUT2D eigenvalue weighted by atomic mass is 14.1. The number of fused-ring (bicyclic) bond motifs is 1. The predicted molar refractivity (Wildman–Crippen MR) is 62.4 cm³/mol. The average Bonchev–Trinajstić information content (AvgIpc) is 2.23. The Labute approximate surface area is 85.6 Å². The third-order valence-corrected chi connectivity index (χ3v) is 2.76. The normalized spacial score (nSPS) is 10.7. The molecule has 0 aromatic heterocycles. The van der Waals surface area contributed by atoms with Crippen LogP contribution in [0.5, 0.6) is 0 Å². The first-order chi connectivity index (χ1) is 6.83. The van der Waals surface area contributed by atoms with Crippen molar-refractivity contribution < 1.29 is 0 Å². The molecular weight excluding hydrogens is 168 g/mol. The quantitative estimate of drug-likeness (QED) is 0.662. The molecule has 14 heavy (non-hydrogen) atoms. The molecule has 0 saturated heterocycles. The summed E-state index contributed by atoms with van der Waals surface area (Å²) in [6, 6.07) is 13.0. The summed E-state index contributed by atoms with van der Waals surface area (Å²) in [5, 5.41) is 2.70. The Hall–Kier alpha value is -1.30. The molecule has 0 amide bonds. The van der Waals surface area contributed by atoms with Gasteiger partial charge in [0.2, 0.25) is 0 Å². The van der Waals surface area contributed by atoms with Gasteiger partial charge in [-0.1, -0.05) is 43.3 Å². The minimum atomic E-state index is 0.971. The summed E-state index contributed by atoms with van der Waals surface area (Å²) >= 11 is 0. The van der Waals surface area contributed by atoms with Crippen molar-refractivity contribution in [3.63, 3.8) is 0 Å². The highest BCUT2D eigenvalue weighted by Gasteiger charge is 2.01. The van der Waals surface area contributed by atoms with E-state index in [-0.39, 0.29) is 0 Å². The maximum absolute atomic E-state index is 3.90. The Balaban J connectivity index is 2.63. The lowest BCUT2D eigenvalue weighted by Gasteiger charge is -2.07. The Morgan fingerprint density at radius 2 is 1.86 bits per heavy atom. The van der Waals surface area contributed by atoms with Crippen LogP contribution in [0.4, 0.5) is 0 Å². The molecule has 0 fully saturated rings. The van der Waals surface area contributed by atoms with Gasteiger partial charge in [0.1, 0.15) is 0 Å². The molecule has 1 radical (unpaired) electrons. The molecule has 0 aliphatic carbocycles. The summed E-state index contributed by atoms with van der Waals surface area (Å²) < 4.78 is 0. The van der Waals surface area contributed by atoms with Crippen molar-refractivity contribution in [2.24, 2.45) is 0 Å². The van der Waals surface area contributed by atoms with Gasteiger partial charge in [-0.25, -0.2) is 0 Å². The minimum Gasteiger partial charge on any atom is -0.0616 e. The number of rotatable bonds is 2. The molecule has 2 rings (SSSR count). The zero-order chi connectivity index (χ0) is 9.97. The van der Waals surface area contributed by atoms with E-state index in [1.165, 1.54) is 21.9 Å². The van der Waals surface area contributed by atoms with E-state index in [1.54, 1.807) is 0 Å². The van der Waals surface area contributed by atoms with Crippen LogP contribution in [0.15, 0.2) is 36.4 Å². The smallest absolute Gasteiger partial charge is 0.0152 e. The van der Waals surface area contributed by atoms with Crippen LogP contribution >= 0.6 is 0 Å². The molecule has 0 nitrogen and oxygen atoms in total. The van der Waals surface area contributed by atoms with Crippen molar-refractivity contribution in [1.82, 2.24) is 0 Å². The van der Waals surface area contributed by atoms with E-state index < -0.39 is 0 Å². The Bertz CT molecular complexity index is 441. The van der Waals surface area contributed by atoms with Gasteiger partial charge in [-0.2, -0.15) is 0 Å². The lowest BCUT2D eigenvalue weighted by atomic mass is 9.97. The summed E-state index contributed by atoms with van der Waals surface area (Å²) in [7, 11) is 0.